The lowest BCUT2D eigenvalue weighted by atomic mass is 10.4. The molecule has 0 saturated heterocycles. The van der Waals surface area contributed by atoms with Gasteiger partial charge >= 0.3 is 0 Å². The van der Waals surface area contributed by atoms with Crippen molar-refractivity contribution in [3.05, 3.63) is 42.0 Å². The molecule has 12 heavy (non-hydrogen) atoms. The first-order valence-electron chi connectivity index (χ1n) is 3.48. The minimum Gasteiger partial charge on any atom is -0.306 e. The summed E-state index contributed by atoms with van der Waals surface area (Å²) >= 11 is 0. The smallest absolute Gasteiger partial charge is 0.160 e. The second-order valence-electron chi connectivity index (χ2n) is 2.45. The first kappa shape index (κ1) is 6.86. The maximum Gasteiger partial charge on any atom is 0.160 e. The van der Waals surface area contributed by atoms with E-state index in [2.05, 4.69) is 0 Å². The molecule has 0 radical (unpaired) electrons. The molecule has 0 unspecified atom stereocenters. The largest absolute Gasteiger partial charge is 0.306 e. The molecule has 0 aromatic carbocycles. The first-order valence-corrected chi connectivity index (χ1v) is 3.48. The molecule has 0 atom stereocenters. The van der Waals surface area contributed by atoms with Crippen molar-refractivity contribution in [1.29, 1.82) is 5.26 Å². The SMILES string of the molecule is N#Cc1c(F)cc2ccccn12. The van der Waals surface area contributed by atoms with Gasteiger partial charge in [0.1, 0.15) is 6.07 Å². The minimum absolute atomic E-state index is 0.0607. The fourth-order valence-corrected chi connectivity index (χ4v) is 1.20. The molecule has 0 aliphatic carbocycles. The number of hydrogen-bond donors (Lipinski definition) is 0. The van der Waals surface area contributed by atoms with Crippen LogP contribution in [0.4, 0.5) is 4.39 Å². The van der Waals surface area contributed by atoms with Gasteiger partial charge in [-0.1, -0.05) is 6.07 Å². The highest BCUT2D eigenvalue weighted by molar-refractivity contribution is 5.52. The number of nitrogens with zero attached hydrogens (tertiary/aromatic N) is 2. The zero-order chi connectivity index (χ0) is 8.55. The molecule has 0 amide bonds. The molecule has 0 aliphatic heterocycles. The van der Waals surface area contributed by atoms with Gasteiger partial charge in [0.2, 0.25) is 0 Å². The molecule has 0 spiro atoms. The van der Waals surface area contributed by atoms with E-state index in [0.29, 0.717) is 5.52 Å². The number of aromatic nitrogens is 1. The molecule has 0 N–H and O–H groups in total. The van der Waals surface area contributed by atoms with Crippen LogP contribution in [0.25, 0.3) is 5.52 Å². The Morgan fingerprint density at radius 2 is 2.25 bits per heavy atom. The zero-order valence-electron chi connectivity index (χ0n) is 6.16. The lowest BCUT2D eigenvalue weighted by Crippen LogP contribution is -1.86. The molecular formula is C9H5FN2. The average molecular weight is 160 g/mol. The predicted molar refractivity (Wildman–Crippen MR) is 42.1 cm³/mol. The van der Waals surface area contributed by atoms with Gasteiger partial charge in [-0.2, -0.15) is 5.26 Å². The van der Waals surface area contributed by atoms with Gasteiger partial charge in [0.15, 0.2) is 11.5 Å². The molecule has 0 saturated carbocycles. The predicted octanol–water partition coefficient (Wildman–Crippen LogP) is 1.95. The summed E-state index contributed by atoms with van der Waals surface area (Å²) in [4.78, 5) is 0. The normalized spacial score (nSPS) is 10.0. The van der Waals surface area contributed by atoms with Crippen LogP contribution in [0.1, 0.15) is 5.69 Å². The van der Waals surface area contributed by atoms with Crippen LogP contribution in [0.15, 0.2) is 30.5 Å². The fraction of sp³-hybridized carbons (Fsp3) is 0. The van der Waals surface area contributed by atoms with Crippen molar-refractivity contribution >= 4 is 5.52 Å². The Morgan fingerprint density at radius 3 is 3.00 bits per heavy atom. The van der Waals surface area contributed by atoms with Crippen LogP contribution in [-0.2, 0) is 0 Å². The number of nitriles is 1. The van der Waals surface area contributed by atoms with Crippen molar-refractivity contribution < 1.29 is 4.39 Å². The maximum atomic E-state index is 13.0. The van der Waals surface area contributed by atoms with Gasteiger partial charge in [0.05, 0.1) is 0 Å². The van der Waals surface area contributed by atoms with Crippen LogP contribution < -0.4 is 0 Å². The third-order valence-electron chi connectivity index (χ3n) is 1.74. The fourth-order valence-electron chi connectivity index (χ4n) is 1.20. The summed E-state index contributed by atoms with van der Waals surface area (Å²) < 4.78 is 14.5. The van der Waals surface area contributed by atoms with E-state index >= 15 is 0 Å². The van der Waals surface area contributed by atoms with Crippen LogP contribution in [0.2, 0.25) is 0 Å². The molecule has 2 aromatic heterocycles. The highest BCUT2D eigenvalue weighted by atomic mass is 19.1. The summed E-state index contributed by atoms with van der Waals surface area (Å²) in [5.41, 5.74) is 0.761. The standard InChI is InChI=1S/C9H5FN2/c10-8-5-7-3-1-2-4-12(7)9(8)6-11/h1-5H. The second-order valence-corrected chi connectivity index (χ2v) is 2.45. The molecule has 2 heterocycles. The van der Waals surface area contributed by atoms with Crippen molar-refractivity contribution in [3.63, 3.8) is 0 Å². The zero-order valence-corrected chi connectivity index (χ0v) is 6.16. The molecule has 58 valence electrons. The summed E-state index contributed by atoms with van der Waals surface area (Å²) in [5, 5.41) is 8.59. The molecule has 0 aliphatic rings. The van der Waals surface area contributed by atoms with E-state index in [0.717, 1.165) is 0 Å². The highest BCUT2D eigenvalue weighted by Gasteiger charge is 2.06. The van der Waals surface area contributed by atoms with Gasteiger partial charge in [0.25, 0.3) is 0 Å². The number of rotatable bonds is 0. The Labute approximate surface area is 68.5 Å². The lowest BCUT2D eigenvalue weighted by Gasteiger charge is -1.92. The Hall–Kier alpha value is -1.82. The topological polar surface area (TPSA) is 28.2 Å². The van der Waals surface area contributed by atoms with Crippen LogP contribution in [0.5, 0.6) is 0 Å². The Morgan fingerprint density at radius 1 is 1.42 bits per heavy atom. The second kappa shape index (κ2) is 2.35. The third kappa shape index (κ3) is 0.785. The number of halogens is 1. The number of pyridine rings is 1. The summed E-state index contributed by atoms with van der Waals surface area (Å²) in [6.45, 7) is 0. The molecule has 2 nitrogen and oxygen atoms in total. The van der Waals surface area contributed by atoms with Gasteiger partial charge in [-0.15, -0.1) is 0 Å². The van der Waals surface area contributed by atoms with Crippen LogP contribution in [0, 0.1) is 17.1 Å². The van der Waals surface area contributed by atoms with E-state index in [4.69, 9.17) is 5.26 Å². The van der Waals surface area contributed by atoms with Crippen molar-refractivity contribution in [3.8, 4) is 6.07 Å². The van der Waals surface area contributed by atoms with Crippen molar-refractivity contribution in [2.75, 3.05) is 0 Å². The Kier molecular flexibility index (Phi) is 1.34. The molecule has 2 rings (SSSR count). The van der Waals surface area contributed by atoms with E-state index in [-0.39, 0.29) is 5.69 Å². The van der Waals surface area contributed by atoms with E-state index in [9.17, 15) is 4.39 Å². The molecule has 3 heteroatoms. The van der Waals surface area contributed by atoms with Crippen LogP contribution >= 0.6 is 0 Å². The van der Waals surface area contributed by atoms with Crippen LogP contribution in [0.3, 0.4) is 0 Å². The van der Waals surface area contributed by atoms with Gasteiger partial charge in [0, 0.05) is 17.8 Å². The Balaban J connectivity index is 2.93. The number of fused-ring (bicyclic) bond motifs is 1. The summed E-state index contributed by atoms with van der Waals surface area (Å²) in [7, 11) is 0. The van der Waals surface area contributed by atoms with E-state index in [1.165, 1.54) is 10.5 Å². The monoisotopic (exact) mass is 160 g/mol. The van der Waals surface area contributed by atoms with Gasteiger partial charge in [-0.25, -0.2) is 4.39 Å². The van der Waals surface area contributed by atoms with Crippen LogP contribution in [-0.4, -0.2) is 4.40 Å². The molecule has 0 bridgehead atoms. The maximum absolute atomic E-state index is 13.0. The third-order valence-corrected chi connectivity index (χ3v) is 1.74. The average Bonchev–Trinajstić information content (AvgIpc) is 2.40. The van der Waals surface area contributed by atoms with E-state index < -0.39 is 5.82 Å². The van der Waals surface area contributed by atoms with Crippen molar-refractivity contribution in [1.82, 2.24) is 4.40 Å². The van der Waals surface area contributed by atoms with E-state index in [1.54, 1.807) is 30.5 Å². The minimum atomic E-state index is -0.469. The highest BCUT2D eigenvalue weighted by Crippen LogP contribution is 2.13. The summed E-state index contributed by atoms with van der Waals surface area (Å²) in [6.07, 6.45) is 1.66. The van der Waals surface area contributed by atoms with Crippen molar-refractivity contribution in [2.45, 2.75) is 0 Å². The Bertz CT molecular complexity index is 465. The van der Waals surface area contributed by atoms with Gasteiger partial charge < -0.3 is 4.40 Å². The van der Waals surface area contributed by atoms with Gasteiger partial charge in [-0.3, -0.25) is 0 Å². The molecule has 0 fully saturated rings. The van der Waals surface area contributed by atoms with Crippen molar-refractivity contribution in [2.24, 2.45) is 0 Å². The molecule has 2 aromatic rings. The summed E-state index contributed by atoms with van der Waals surface area (Å²) in [6, 6.07) is 8.46. The number of hydrogen-bond acceptors (Lipinski definition) is 1. The molecular weight excluding hydrogens is 155 g/mol. The van der Waals surface area contributed by atoms with E-state index in [1.807, 2.05) is 0 Å². The lowest BCUT2D eigenvalue weighted by molar-refractivity contribution is 0.623. The summed E-state index contributed by atoms with van der Waals surface area (Å²) in [5.74, 6) is -0.469. The first-order chi connectivity index (χ1) is 5.83. The van der Waals surface area contributed by atoms with Gasteiger partial charge in [-0.05, 0) is 12.1 Å². The quantitative estimate of drug-likeness (QED) is 0.578.